The van der Waals surface area contributed by atoms with Crippen molar-refractivity contribution in [3.05, 3.63) is 30.5 Å². The average molecular weight is 315 g/mol. The molecular formula is C16H21N5S. The summed E-state index contributed by atoms with van der Waals surface area (Å²) in [6.07, 6.45) is 1.89. The van der Waals surface area contributed by atoms with Gasteiger partial charge in [0, 0.05) is 31.9 Å². The molecule has 22 heavy (non-hydrogen) atoms. The van der Waals surface area contributed by atoms with Gasteiger partial charge in [0.15, 0.2) is 0 Å². The molecule has 0 saturated heterocycles. The maximum atomic E-state index is 4.64. The van der Waals surface area contributed by atoms with Gasteiger partial charge in [0.2, 0.25) is 10.1 Å². The molecule has 0 bridgehead atoms. The molecule has 3 rings (SSSR count). The van der Waals surface area contributed by atoms with Gasteiger partial charge in [-0.15, -0.1) is 5.10 Å². The van der Waals surface area contributed by atoms with Crippen LogP contribution in [0.5, 0.6) is 0 Å². The molecule has 0 aliphatic rings. The lowest BCUT2D eigenvalue weighted by Gasteiger charge is -2.13. The molecule has 0 spiro atoms. The minimum absolute atomic E-state index is 0.590. The fourth-order valence-corrected chi connectivity index (χ4v) is 2.98. The Morgan fingerprint density at radius 2 is 2.14 bits per heavy atom. The van der Waals surface area contributed by atoms with E-state index in [-0.39, 0.29) is 0 Å². The highest BCUT2D eigenvalue weighted by Gasteiger charge is 2.12. The zero-order chi connectivity index (χ0) is 15.7. The third kappa shape index (κ3) is 2.92. The van der Waals surface area contributed by atoms with Crippen LogP contribution >= 0.6 is 11.3 Å². The number of anilines is 2. The number of nitrogens with zero attached hydrogens (tertiary/aromatic N) is 4. The van der Waals surface area contributed by atoms with Gasteiger partial charge in [-0.1, -0.05) is 37.3 Å². The van der Waals surface area contributed by atoms with E-state index in [1.165, 1.54) is 5.69 Å². The van der Waals surface area contributed by atoms with E-state index in [4.69, 9.17) is 0 Å². The fourth-order valence-electron chi connectivity index (χ4n) is 2.20. The van der Waals surface area contributed by atoms with Crippen molar-refractivity contribution in [2.45, 2.75) is 13.8 Å². The predicted octanol–water partition coefficient (Wildman–Crippen LogP) is 3.59. The molecule has 1 N–H and O–H groups in total. The monoisotopic (exact) mass is 315 g/mol. The van der Waals surface area contributed by atoms with Crippen molar-refractivity contribution in [1.82, 2.24) is 14.6 Å². The smallest absolute Gasteiger partial charge is 0.214 e. The van der Waals surface area contributed by atoms with Crippen LogP contribution in [0.1, 0.15) is 13.8 Å². The van der Waals surface area contributed by atoms with Gasteiger partial charge in [-0.2, -0.15) is 0 Å². The number of nitrogens with one attached hydrogen (secondary N) is 1. The Morgan fingerprint density at radius 1 is 1.32 bits per heavy atom. The van der Waals surface area contributed by atoms with E-state index >= 15 is 0 Å². The van der Waals surface area contributed by atoms with Gasteiger partial charge in [0.1, 0.15) is 0 Å². The van der Waals surface area contributed by atoms with Crippen molar-refractivity contribution in [1.29, 1.82) is 0 Å². The van der Waals surface area contributed by atoms with E-state index in [1.54, 1.807) is 11.3 Å². The van der Waals surface area contributed by atoms with Crippen LogP contribution in [0.3, 0.4) is 0 Å². The fraction of sp³-hybridized carbons (Fsp3) is 0.375. The van der Waals surface area contributed by atoms with E-state index < -0.39 is 0 Å². The van der Waals surface area contributed by atoms with Crippen molar-refractivity contribution in [3.63, 3.8) is 0 Å². The summed E-state index contributed by atoms with van der Waals surface area (Å²) in [5, 5.41) is 8.93. The molecule has 1 aromatic carbocycles. The summed E-state index contributed by atoms with van der Waals surface area (Å²) in [5.41, 5.74) is 3.31. The second-order valence-electron chi connectivity index (χ2n) is 5.96. The average Bonchev–Trinajstić information content (AvgIpc) is 3.04. The second kappa shape index (κ2) is 5.96. The highest BCUT2D eigenvalue weighted by molar-refractivity contribution is 7.20. The van der Waals surface area contributed by atoms with E-state index in [1.807, 2.05) is 24.8 Å². The first kappa shape index (κ1) is 14.8. The third-order valence-corrected chi connectivity index (χ3v) is 4.29. The van der Waals surface area contributed by atoms with Gasteiger partial charge in [0.25, 0.3) is 0 Å². The molecular weight excluding hydrogens is 294 g/mol. The molecule has 0 atom stereocenters. The van der Waals surface area contributed by atoms with Gasteiger partial charge in [0.05, 0.1) is 11.9 Å². The highest BCUT2D eigenvalue weighted by Crippen LogP contribution is 2.28. The van der Waals surface area contributed by atoms with E-state index in [9.17, 15) is 0 Å². The zero-order valence-electron chi connectivity index (χ0n) is 13.4. The largest absolute Gasteiger partial charge is 0.378 e. The molecule has 0 aliphatic carbocycles. The summed E-state index contributed by atoms with van der Waals surface area (Å²) in [5.74, 6) is 0.590. The first-order valence-electron chi connectivity index (χ1n) is 7.41. The first-order chi connectivity index (χ1) is 10.5. The predicted molar refractivity (Wildman–Crippen MR) is 94.0 cm³/mol. The number of hydrogen-bond acceptors (Lipinski definition) is 5. The Kier molecular flexibility index (Phi) is 4.02. The molecule has 3 aromatic rings. The lowest BCUT2D eigenvalue weighted by molar-refractivity contribution is 0.687. The lowest BCUT2D eigenvalue weighted by Crippen LogP contribution is -2.08. The van der Waals surface area contributed by atoms with Crippen LogP contribution in [0.2, 0.25) is 0 Å². The van der Waals surface area contributed by atoms with Gasteiger partial charge in [-0.05, 0) is 18.1 Å². The van der Waals surface area contributed by atoms with Crippen LogP contribution in [0, 0.1) is 5.92 Å². The van der Waals surface area contributed by atoms with Crippen molar-refractivity contribution < 1.29 is 0 Å². The summed E-state index contributed by atoms with van der Waals surface area (Å²) < 4.78 is 1.92. The highest BCUT2D eigenvalue weighted by atomic mass is 32.1. The molecule has 2 aromatic heterocycles. The van der Waals surface area contributed by atoms with Crippen LogP contribution in [-0.4, -0.2) is 35.2 Å². The van der Waals surface area contributed by atoms with Crippen molar-refractivity contribution in [2.24, 2.45) is 5.92 Å². The minimum atomic E-state index is 0.590. The Balaban J connectivity index is 1.95. The molecule has 2 heterocycles. The van der Waals surface area contributed by atoms with Crippen molar-refractivity contribution in [2.75, 3.05) is 30.9 Å². The topological polar surface area (TPSA) is 45.5 Å². The number of fused-ring (bicyclic) bond motifs is 1. The summed E-state index contributed by atoms with van der Waals surface area (Å²) in [6.45, 7) is 5.29. The molecule has 0 radical (unpaired) electrons. The lowest BCUT2D eigenvalue weighted by atomic mass is 10.1. The second-order valence-corrected chi connectivity index (χ2v) is 6.92. The molecule has 0 aliphatic heterocycles. The maximum absolute atomic E-state index is 4.64. The summed E-state index contributed by atoms with van der Waals surface area (Å²) >= 11 is 1.58. The van der Waals surface area contributed by atoms with Gasteiger partial charge in [-0.25, -0.2) is 9.50 Å². The number of hydrogen-bond donors (Lipinski definition) is 1. The van der Waals surface area contributed by atoms with E-state index in [2.05, 4.69) is 58.4 Å². The van der Waals surface area contributed by atoms with Crippen LogP contribution in [-0.2, 0) is 0 Å². The maximum Gasteiger partial charge on any atom is 0.214 e. The minimum Gasteiger partial charge on any atom is -0.378 e. The molecule has 0 amide bonds. The SMILES string of the molecule is CC(C)CNc1nn2c(-c3cccc(N(C)C)c3)cnc2s1. The Labute approximate surface area is 134 Å². The molecule has 116 valence electrons. The summed E-state index contributed by atoms with van der Waals surface area (Å²) in [7, 11) is 4.09. The molecule has 5 nitrogen and oxygen atoms in total. The quantitative estimate of drug-likeness (QED) is 0.781. The van der Waals surface area contributed by atoms with Crippen molar-refractivity contribution >= 4 is 27.1 Å². The molecule has 0 fully saturated rings. The summed E-state index contributed by atoms with van der Waals surface area (Å²) in [6, 6.07) is 8.41. The number of rotatable bonds is 5. The standard InChI is InChI=1S/C16H21N5S/c1-11(2)9-17-15-19-21-14(10-18-16(21)22-15)12-6-5-7-13(8-12)20(3)4/h5-8,10-11H,9H2,1-4H3,(H,17,19). The molecule has 0 saturated carbocycles. The van der Waals surface area contributed by atoms with E-state index in [0.717, 1.165) is 27.9 Å². The normalized spacial score (nSPS) is 11.3. The Morgan fingerprint density at radius 3 is 2.86 bits per heavy atom. The third-order valence-electron chi connectivity index (χ3n) is 3.41. The number of aromatic nitrogens is 3. The van der Waals surface area contributed by atoms with Gasteiger partial charge < -0.3 is 10.2 Å². The van der Waals surface area contributed by atoms with Crippen LogP contribution < -0.4 is 10.2 Å². The Bertz CT molecular complexity index is 772. The number of imidazole rings is 1. The van der Waals surface area contributed by atoms with Crippen molar-refractivity contribution in [3.8, 4) is 11.3 Å². The molecule has 0 unspecified atom stereocenters. The zero-order valence-corrected chi connectivity index (χ0v) is 14.2. The van der Waals surface area contributed by atoms with Crippen LogP contribution in [0.4, 0.5) is 10.8 Å². The van der Waals surface area contributed by atoms with Gasteiger partial charge >= 0.3 is 0 Å². The van der Waals surface area contributed by atoms with E-state index in [0.29, 0.717) is 5.92 Å². The first-order valence-corrected chi connectivity index (χ1v) is 8.22. The summed E-state index contributed by atoms with van der Waals surface area (Å²) in [4.78, 5) is 7.49. The Hall–Kier alpha value is -2.08. The van der Waals surface area contributed by atoms with Gasteiger partial charge in [-0.3, -0.25) is 0 Å². The number of benzene rings is 1. The molecule has 6 heteroatoms. The van der Waals surface area contributed by atoms with Crippen LogP contribution in [0.15, 0.2) is 30.5 Å². The van der Waals surface area contributed by atoms with Crippen LogP contribution in [0.25, 0.3) is 16.2 Å².